The van der Waals surface area contributed by atoms with Crippen LogP contribution >= 0.6 is 0 Å². The van der Waals surface area contributed by atoms with E-state index in [-0.39, 0.29) is 0 Å². The second-order valence-electron chi connectivity index (χ2n) is 7.52. The topological polar surface area (TPSA) is 45.4 Å². The number of nitrogens with zero attached hydrogens (tertiary/aromatic N) is 4. The number of aromatic nitrogens is 2. The molecule has 0 amide bonds. The number of benzene rings is 2. The molecule has 2 aromatic carbocycles. The molecule has 3 aliphatic heterocycles. The van der Waals surface area contributed by atoms with Crippen LogP contribution < -0.4 is 4.90 Å². The molecule has 5 nitrogen and oxygen atoms in total. The van der Waals surface area contributed by atoms with Crippen molar-refractivity contribution in [3.05, 3.63) is 65.7 Å². The summed E-state index contributed by atoms with van der Waals surface area (Å²) in [4.78, 5) is 4.83. The summed E-state index contributed by atoms with van der Waals surface area (Å²) in [6.07, 6.45) is 6.59. The zero-order valence-corrected chi connectivity index (χ0v) is 15.9. The molecular weight excluding hydrogens is 348 g/mol. The van der Waals surface area contributed by atoms with Gasteiger partial charge in [0.25, 0.3) is 0 Å². The molecule has 1 aromatic heterocycles. The molecule has 0 spiro atoms. The highest BCUT2D eigenvalue weighted by atomic mass is 16.4. The molecule has 0 radical (unpaired) electrons. The van der Waals surface area contributed by atoms with Crippen molar-refractivity contribution >= 4 is 18.2 Å². The third-order valence-corrected chi connectivity index (χ3v) is 5.74. The van der Waals surface area contributed by atoms with E-state index in [2.05, 4.69) is 56.4 Å². The fourth-order valence-electron chi connectivity index (χ4n) is 4.08. The van der Waals surface area contributed by atoms with Crippen LogP contribution in [-0.2, 0) is 0 Å². The Labute approximate surface area is 165 Å². The predicted octanol–water partition coefficient (Wildman–Crippen LogP) is 4.19. The quantitative estimate of drug-likeness (QED) is 0.643. The number of anilines is 1. The van der Waals surface area contributed by atoms with Crippen molar-refractivity contribution in [2.24, 2.45) is 0 Å². The molecule has 0 aliphatic carbocycles. The van der Waals surface area contributed by atoms with Gasteiger partial charge in [0.05, 0.1) is 0 Å². The second-order valence-corrected chi connectivity index (χ2v) is 7.52. The molecule has 4 heterocycles. The average Bonchev–Trinajstić information content (AvgIpc) is 3.05. The minimum atomic E-state index is 0.526. The molecule has 0 N–H and O–H groups in total. The number of hydrogen-bond acceptors (Lipinski definition) is 5. The molecule has 3 aliphatic rings. The van der Waals surface area contributed by atoms with Gasteiger partial charge in [-0.2, -0.15) is 0 Å². The van der Waals surface area contributed by atoms with Crippen LogP contribution in [0.1, 0.15) is 24.0 Å². The molecular formula is C23H24N4O. The van der Waals surface area contributed by atoms with Crippen molar-refractivity contribution in [3.8, 4) is 11.5 Å². The maximum absolute atomic E-state index is 6.05. The lowest BCUT2D eigenvalue weighted by Gasteiger charge is -2.29. The first-order valence-electron chi connectivity index (χ1n) is 10.0. The van der Waals surface area contributed by atoms with Gasteiger partial charge in [-0.1, -0.05) is 59.7 Å². The third kappa shape index (κ3) is 3.58. The van der Waals surface area contributed by atoms with Gasteiger partial charge in [0.15, 0.2) is 0 Å². The molecule has 28 heavy (non-hydrogen) atoms. The fourth-order valence-corrected chi connectivity index (χ4v) is 4.08. The fraction of sp³-hybridized carbons (Fsp3) is 0.304. The first-order valence-corrected chi connectivity index (χ1v) is 10.0. The Balaban J connectivity index is 1.31. The first-order chi connectivity index (χ1) is 13.8. The van der Waals surface area contributed by atoms with Gasteiger partial charge in [-0.05, 0) is 36.1 Å². The van der Waals surface area contributed by atoms with Gasteiger partial charge in [-0.3, -0.25) is 0 Å². The standard InChI is InChI=1S/C23H24N4O/c1-2-4-18(5-3-1)6-7-19-8-10-20(11-9-19)22-24-25-23(28-22)27-17-16-26-14-12-21(27)13-15-26/h1-11,21H,12-17H2/b7-6-. The van der Waals surface area contributed by atoms with Gasteiger partial charge >= 0.3 is 6.01 Å². The molecule has 2 bridgehead atoms. The number of fused-ring (bicyclic) bond motifs is 4. The molecule has 5 heteroatoms. The lowest BCUT2D eigenvalue weighted by atomic mass is 10.1. The van der Waals surface area contributed by atoms with Crippen LogP contribution in [0.4, 0.5) is 6.01 Å². The van der Waals surface area contributed by atoms with Crippen LogP contribution in [-0.4, -0.2) is 47.3 Å². The zero-order chi connectivity index (χ0) is 18.8. The van der Waals surface area contributed by atoms with Crippen molar-refractivity contribution in [1.29, 1.82) is 0 Å². The maximum atomic E-state index is 6.05. The summed E-state index contributed by atoms with van der Waals surface area (Å²) >= 11 is 0. The number of rotatable bonds is 4. The zero-order valence-electron chi connectivity index (χ0n) is 15.9. The molecule has 6 rings (SSSR count). The van der Waals surface area contributed by atoms with E-state index in [0.717, 1.165) is 24.2 Å². The van der Waals surface area contributed by atoms with E-state index in [1.807, 2.05) is 30.3 Å². The summed E-state index contributed by atoms with van der Waals surface area (Å²) in [5.41, 5.74) is 3.29. The number of piperidine rings is 1. The predicted molar refractivity (Wildman–Crippen MR) is 112 cm³/mol. The van der Waals surface area contributed by atoms with Crippen LogP contribution in [0.15, 0.2) is 59.0 Å². The number of hydrogen-bond donors (Lipinski definition) is 0. The van der Waals surface area contributed by atoms with Crippen molar-refractivity contribution in [1.82, 2.24) is 15.1 Å². The van der Waals surface area contributed by atoms with Crippen LogP contribution in [0.25, 0.3) is 23.6 Å². The summed E-state index contributed by atoms with van der Waals surface area (Å²) in [6, 6.07) is 19.7. The molecule has 0 saturated carbocycles. The van der Waals surface area contributed by atoms with E-state index in [1.54, 1.807) is 0 Å². The van der Waals surface area contributed by atoms with Crippen molar-refractivity contribution in [2.45, 2.75) is 18.9 Å². The second kappa shape index (κ2) is 7.60. The molecule has 142 valence electrons. The smallest absolute Gasteiger partial charge is 0.318 e. The van der Waals surface area contributed by atoms with E-state index in [4.69, 9.17) is 4.42 Å². The van der Waals surface area contributed by atoms with Gasteiger partial charge in [-0.25, -0.2) is 0 Å². The Morgan fingerprint density at radius 2 is 1.50 bits per heavy atom. The molecule has 3 saturated heterocycles. The van der Waals surface area contributed by atoms with Crippen LogP contribution in [0.5, 0.6) is 0 Å². The van der Waals surface area contributed by atoms with Crippen LogP contribution in [0.2, 0.25) is 0 Å². The monoisotopic (exact) mass is 372 g/mol. The molecule has 3 aromatic rings. The third-order valence-electron chi connectivity index (χ3n) is 5.74. The Hall–Kier alpha value is -2.92. The average molecular weight is 372 g/mol. The van der Waals surface area contributed by atoms with Crippen molar-refractivity contribution < 1.29 is 4.42 Å². The van der Waals surface area contributed by atoms with Crippen LogP contribution in [0.3, 0.4) is 0 Å². The molecule has 0 unspecified atom stereocenters. The van der Waals surface area contributed by atoms with E-state index in [9.17, 15) is 0 Å². The Bertz CT molecular complexity index is 940. The van der Waals surface area contributed by atoms with E-state index < -0.39 is 0 Å². The van der Waals surface area contributed by atoms with Crippen molar-refractivity contribution in [3.63, 3.8) is 0 Å². The maximum Gasteiger partial charge on any atom is 0.318 e. The highest BCUT2D eigenvalue weighted by Gasteiger charge is 2.31. The van der Waals surface area contributed by atoms with E-state index >= 15 is 0 Å². The SMILES string of the molecule is C(=C/c1ccc(-c2nnc(N3CCN4CCC3CC4)o2)cc1)/c1ccccc1. The normalized spacial score (nSPS) is 21.9. The van der Waals surface area contributed by atoms with Crippen molar-refractivity contribution in [2.75, 3.05) is 31.1 Å². The van der Waals surface area contributed by atoms with E-state index in [1.165, 1.54) is 31.5 Å². The highest BCUT2D eigenvalue weighted by Crippen LogP contribution is 2.28. The lowest BCUT2D eigenvalue weighted by Crippen LogP contribution is -2.38. The first kappa shape index (κ1) is 17.2. The van der Waals surface area contributed by atoms with Crippen LogP contribution in [0, 0.1) is 0 Å². The summed E-state index contributed by atoms with van der Waals surface area (Å²) < 4.78 is 6.05. The summed E-state index contributed by atoms with van der Waals surface area (Å²) in [5.74, 6) is 0.590. The van der Waals surface area contributed by atoms with E-state index in [0.29, 0.717) is 17.9 Å². The minimum absolute atomic E-state index is 0.526. The largest absolute Gasteiger partial charge is 0.403 e. The van der Waals surface area contributed by atoms with Gasteiger partial charge in [-0.15, -0.1) is 5.10 Å². The van der Waals surface area contributed by atoms with Gasteiger partial charge < -0.3 is 14.2 Å². The summed E-state index contributed by atoms with van der Waals surface area (Å²) in [7, 11) is 0. The van der Waals surface area contributed by atoms with Gasteiger partial charge in [0.2, 0.25) is 5.89 Å². The summed E-state index contributed by atoms with van der Waals surface area (Å²) in [6.45, 7) is 4.41. The lowest BCUT2D eigenvalue weighted by molar-refractivity contribution is 0.249. The Morgan fingerprint density at radius 3 is 2.25 bits per heavy atom. The molecule has 3 fully saturated rings. The van der Waals surface area contributed by atoms with Gasteiger partial charge in [0.1, 0.15) is 0 Å². The minimum Gasteiger partial charge on any atom is -0.403 e. The molecule has 0 atom stereocenters. The summed E-state index contributed by atoms with van der Waals surface area (Å²) in [5, 5.41) is 8.66. The Morgan fingerprint density at radius 1 is 0.786 bits per heavy atom. The Kier molecular flexibility index (Phi) is 4.67. The highest BCUT2D eigenvalue weighted by molar-refractivity contribution is 5.70. The van der Waals surface area contributed by atoms with Gasteiger partial charge in [0, 0.05) is 37.8 Å².